The Morgan fingerprint density at radius 2 is 1.79 bits per heavy atom. The van der Waals surface area contributed by atoms with Gasteiger partial charge in [0.05, 0.1) is 28.6 Å². The van der Waals surface area contributed by atoms with Gasteiger partial charge < -0.3 is 30.5 Å². The van der Waals surface area contributed by atoms with Crippen molar-refractivity contribution < 1.29 is 35.0 Å². The van der Waals surface area contributed by atoms with Gasteiger partial charge in [0.25, 0.3) is 11.4 Å². The van der Waals surface area contributed by atoms with Gasteiger partial charge in [-0.05, 0) is 6.07 Å². The van der Waals surface area contributed by atoms with Crippen molar-refractivity contribution in [3.8, 4) is 0 Å². The number of aliphatic hydroxyl groups is 4. The lowest BCUT2D eigenvalue weighted by Crippen LogP contribution is -2.61. The van der Waals surface area contributed by atoms with Crippen LogP contribution >= 0.6 is 0 Å². The van der Waals surface area contributed by atoms with Crippen molar-refractivity contribution in [2.24, 2.45) is 0 Å². The Hall–Kier alpha value is -2.38. The summed E-state index contributed by atoms with van der Waals surface area (Å²) in [5, 5.41) is 62.9. The van der Waals surface area contributed by atoms with Gasteiger partial charge in [-0.3, -0.25) is 20.2 Å². The lowest BCUT2D eigenvalue weighted by molar-refractivity contribution is -0.393. The van der Waals surface area contributed by atoms with E-state index in [1.54, 1.807) is 0 Å². The molecule has 0 aliphatic carbocycles. The zero-order valence-electron chi connectivity index (χ0n) is 12.1. The Bertz CT molecular complexity index is 640. The third-order valence-corrected chi connectivity index (χ3v) is 3.61. The molecule has 0 saturated carbocycles. The van der Waals surface area contributed by atoms with Gasteiger partial charge in [0.1, 0.15) is 24.0 Å². The molecule has 0 aromatic heterocycles. The van der Waals surface area contributed by atoms with E-state index in [9.17, 15) is 35.5 Å². The third kappa shape index (κ3) is 3.42. The minimum absolute atomic E-state index is 0.209. The summed E-state index contributed by atoms with van der Waals surface area (Å²) in [5.41, 5.74) is -1.36. The summed E-state index contributed by atoms with van der Waals surface area (Å²) in [6.45, 7) is -0.661. The Morgan fingerprint density at radius 3 is 2.33 bits per heavy atom. The summed E-state index contributed by atoms with van der Waals surface area (Å²) < 4.78 is 4.80. The van der Waals surface area contributed by atoms with E-state index in [1.165, 1.54) is 0 Å². The molecule has 5 atom stereocenters. The number of hydrogen-bond donors (Lipinski definition) is 5. The van der Waals surface area contributed by atoms with Gasteiger partial charge in [0, 0.05) is 6.07 Å². The lowest BCUT2D eigenvalue weighted by atomic mass is 9.96. The van der Waals surface area contributed by atoms with Crippen LogP contribution < -0.4 is 5.32 Å². The topological polar surface area (TPSA) is 188 Å². The molecule has 1 aromatic rings. The van der Waals surface area contributed by atoms with Gasteiger partial charge in [-0.15, -0.1) is 0 Å². The Kier molecular flexibility index (Phi) is 5.26. The molecule has 132 valence electrons. The van der Waals surface area contributed by atoms with Crippen LogP contribution in [0.4, 0.5) is 17.1 Å². The highest BCUT2D eigenvalue weighted by Crippen LogP contribution is 2.31. The summed E-state index contributed by atoms with van der Waals surface area (Å²) >= 11 is 0. The molecule has 1 aliphatic rings. The van der Waals surface area contributed by atoms with Gasteiger partial charge in [-0.1, -0.05) is 0 Å². The van der Waals surface area contributed by atoms with Gasteiger partial charge in [0.2, 0.25) is 0 Å². The van der Waals surface area contributed by atoms with Crippen LogP contribution in [0.2, 0.25) is 0 Å². The highest BCUT2D eigenvalue weighted by molar-refractivity contribution is 5.66. The molecule has 1 heterocycles. The molecule has 0 bridgehead atoms. The van der Waals surface area contributed by atoms with Crippen LogP contribution in [0.1, 0.15) is 0 Å². The van der Waals surface area contributed by atoms with E-state index >= 15 is 0 Å². The predicted molar refractivity (Wildman–Crippen MR) is 77.1 cm³/mol. The van der Waals surface area contributed by atoms with Crippen LogP contribution in [-0.4, -0.2) is 67.5 Å². The fourth-order valence-electron chi connectivity index (χ4n) is 2.36. The zero-order valence-corrected chi connectivity index (χ0v) is 12.1. The normalized spacial score (nSPS) is 29.9. The number of nitrogens with zero attached hydrogens (tertiary/aromatic N) is 2. The molecule has 24 heavy (non-hydrogen) atoms. The molecule has 1 aliphatic heterocycles. The van der Waals surface area contributed by atoms with Crippen molar-refractivity contribution in [2.75, 3.05) is 11.9 Å². The first kappa shape index (κ1) is 18.0. The van der Waals surface area contributed by atoms with E-state index in [4.69, 9.17) is 9.84 Å². The monoisotopic (exact) mass is 345 g/mol. The number of hydrogen-bond acceptors (Lipinski definition) is 10. The van der Waals surface area contributed by atoms with E-state index in [2.05, 4.69) is 5.32 Å². The smallest absolute Gasteiger partial charge is 0.299 e. The molecule has 0 radical (unpaired) electrons. The number of nitrogens with one attached hydrogen (secondary N) is 1. The minimum atomic E-state index is -1.74. The molecule has 1 fully saturated rings. The second-order valence-electron chi connectivity index (χ2n) is 5.11. The summed E-state index contributed by atoms with van der Waals surface area (Å²) in [6.07, 6.45) is -6.11. The average Bonchev–Trinajstić information content (AvgIpc) is 2.54. The predicted octanol–water partition coefficient (Wildman–Crippen LogP) is -1.29. The van der Waals surface area contributed by atoms with E-state index in [-0.39, 0.29) is 5.69 Å². The fourth-order valence-corrected chi connectivity index (χ4v) is 2.36. The number of aliphatic hydroxyl groups excluding tert-OH is 4. The third-order valence-electron chi connectivity index (χ3n) is 3.61. The Balaban J connectivity index is 2.34. The lowest BCUT2D eigenvalue weighted by Gasteiger charge is -2.40. The van der Waals surface area contributed by atoms with Crippen LogP contribution in [0.15, 0.2) is 18.2 Å². The summed E-state index contributed by atoms with van der Waals surface area (Å²) in [7, 11) is 0. The molecule has 1 saturated heterocycles. The molecule has 1 aromatic carbocycles. The van der Waals surface area contributed by atoms with Crippen LogP contribution in [0.25, 0.3) is 0 Å². The van der Waals surface area contributed by atoms with Crippen molar-refractivity contribution in [3.05, 3.63) is 38.4 Å². The summed E-state index contributed by atoms with van der Waals surface area (Å²) in [5.74, 6) is 0. The van der Waals surface area contributed by atoms with E-state index in [0.29, 0.717) is 0 Å². The Labute approximate surface area is 134 Å². The van der Waals surface area contributed by atoms with Gasteiger partial charge in [0.15, 0.2) is 6.29 Å². The molecule has 12 heteroatoms. The minimum Gasteiger partial charge on any atom is -0.394 e. The molecule has 0 spiro atoms. The summed E-state index contributed by atoms with van der Waals surface area (Å²) in [4.78, 5) is 20.1. The van der Waals surface area contributed by atoms with E-state index < -0.39 is 58.5 Å². The molecule has 2 rings (SSSR count). The maximum absolute atomic E-state index is 11.1. The standard InChI is InChI=1S/C12H15N3O9/c16-4-8-10(17)9(11(18)12(19)24-8)13-6-2-1-5(14(20)21)3-7(6)15(22)23/h1-3,8-13,16-19H,4H2/t8-,9+,10-,11-,12+/m1/s1. The van der Waals surface area contributed by atoms with Gasteiger partial charge >= 0.3 is 0 Å². The molecule has 5 N–H and O–H groups in total. The second-order valence-corrected chi connectivity index (χ2v) is 5.11. The molecular weight excluding hydrogens is 330 g/mol. The number of benzene rings is 1. The molecule has 12 nitrogen and oxygen atoms in total. The molecule has 0 amide bonds. The zero-order chi connectivity index (χ0) is 18.0. The van der Waals surface area contributed by atoms with Crippen LogP contribution in [0.5, 0.6) is 0 Å². The number of nitro groups is 2. The van der Waals surface area contributed by atoms with Crippen molar-refractivity contribution in [3.63, 3.8) is 0 Å². The SMILES string of the molecule is O=[N+]([O-])c1ccc(N[C@@H]2[C@@H](O)[C@@H](O)O[C@H](CO)[C@H]2O)c([N+](=O)[O-])c1. The van der Waals surface area contributed by atoms with Crippen LogP contribution in [-0.2, 0) is 4.74 Å². The van der Waals surface area contributed by atoms with Gasteiger partial charge in [-0.25, -0.2) is 0 Å². The van der Waals surface area contributed by atoms with E-state index in [1.807, 2.05) is 0 Å². The van der Waals surface area contributed by atoms with E-state index in [0.717, 1.165) is 18.2 Å². The Morgan fingerprint density at radius 1 is 1.12 bits per heavy atom. The number of non-ortho nitro benzene ring substituents is 1. The van der Waals surface area contributed by atoms with Gasteiger partial charge in [-0.2, -0.15) is 0 Å². The van der Waals surface area contributed by atoms with Crippen molar-refractivity contribution in [1.82, 2.24) is 0 Å². The quantitative estimate of drug-likeness (QED) is 0.317. The molecular formula is C12H15N3O9. The second kappa shape index (κ2) is 7.02. The van der Waals surface area contributed by atoms with Crippen molar-refractivity contribution in [1.29, 1.82) is 0 Å². The number of rotatable bonds is 5. The number of anilines is 1. The first-order valence-electron chi connectivity index (χ1n) is 6.76. The highest BCUT2D eigenvalue weighted by atomic mass is 16.6. The largest absolute Gasteiger partial charge is 0.394 e. The first-order chi connectivity index (χ1) is 11.3. The first-order valence-corrected chi connectivity index (χ1v) is 6.76. The summed E-state index contributed by atoms with van der Waals surface area (Å²) in [6, 6.07) is 1.46. The maximum Gasteiger partial charge on any atom is 0.299 e. The van der Waals surface area contributed by atoms with Crippen LogP contribution in [0, 0.1) is 20.2 Å². The highest BCUT2D eigenvalue weighted by Gasteiger charge is 2.44. The van der Waals surface area contributed by atoms with Crippen molar-refractivity contribution in [2.45, 2.75) is 30.6 Å². The fraction of sp³-hybridized carbons (Fsp3) is 0.500. The number of ether oxygens (including phenoxy) is 1. The van der Waals surface area contributed by atoms with Crippen LogP contribution in [0.3, 0.4) is 0 Å². The van der Waals surface area contributed by atoms with Crippen molar-refractivity contribution >= 4 is 17.1 Å². The molecule has 0 unspecified atom stereocenters. The number of nitro benzene ring substituents is 2. The maximum atomic E-state index is 11.1. The average molecular weight is 345 g/mol.